The Morgan fingerprint density at radius 3 is 2.44 bits per heavy atom. The van der Waals surface area contributed by atoms with Gasteiger partial charge in [0.2, 0.25) is 5.91 Å². The maximum Gasteiger partial charge on any atom is 0.254 e. The molecular formula is C27H33ClN4O2. The molecule has 0 spiro atoms. The highest BCUT2D eigenvalue weighted by atomic mass is 35.5. The number of hydrogen-bond acceptors (Lipinski definition) is 3. The van der Waals surface area contributed by atoms with Crippen LogP contribution in [0.25, 0.3) is 5.69 Å². The van der Waals surface area contributed by atoms with Crippen LogP contribution < -0.4 is 5.32 Å². The number of anilines is 1. The fraction of sp³-hybridized carbons (Fsp3) is 0.370. The van der Waals surface area contributed by atoms with Gasteiger partial charge in [0.15, 0.2) is 0 Å². The van der Waals surface area contributed by atoms with E-state index < -0.39 is 0 Å². The number of carbonyl (C=O) groups is 2. The third kappa shape index (κ3) is 5.86. The van der Waals surface area contributed by atoms with Crippen LogP contribution in [0.2, 0.25) is 5.02 Å². The van der Waals surface area contributed by atoms with Gasteiger partial charge in [-0.3, -0.25) is 9.59 Å². The van der Waals surface area contributed by atoms with Gasteiger partial charge in [-0.05, 0) is 55.7 Å². The van der Waals surface area contributed by atoms with Gasteiger partial charge in [0, 0.05) is 28.6 Å². The molecule has 7 heteroatoms. The second kappa shape index (κ2) is 10.4. The molecule has 0 bridgehead atoms. The van der Waals surface area contributed by atoms with Crippen molar-refractivity contribution in [2.24, 2.45) is 0 Å². The molecule has 1 aromatic heterocycles. The van der Waals surface area contributed by atoms with Gasteiger partial charge in [0.25, 0.3) is 5.91 Å². The Hall–Kier alpha value is -3.12. The van der Waals surface area contributed by atoms with Crippen LogP contribution in [0.15, 0.2) is 48.5 Å². The van der Waals surface area contributed by atoms with Gasteiger partial charge in [-0.25, -0.2) is 4.68 Å². The Balaban J connectivity index is 1.90. The van der Waals surface area contributed by atoms with E-state index in [2.05, 4.69) is 39.1 Å². The standard InChI is InChI=1S/C27H33ClN4O2/c1-7-14-31(26(34)20-11-9-12-21(28)15-20)17-25(33)29-24-16-23(27(4,5)6)30-32(24)22-13-8-10-18(2)19(22)3/h8-13,15-16H,7,14,17H2,1-6H3,(H,29,33). The van der Waals surface area contributed by atoms with Crippen molar-refractivity contribution in [1.82, 2.24) is 14.7 Å². The summed E-state index contributed by atoms with van der Waals surface area (Å²) in [5.74, 6) is 0.0731. The number of benzene rings is 2. The molecule has 0 atom stereocenters. The van der Waals surface area contributed by atoms with E-state index in [-0.39, 0.29) is 23.8 Å². The summed E-state index contributed by atoms with van der Waals surface area (Å²) in [6.45, 7) is 12.7. The minimum absolute atomic E-state index is 0.0674. The average Bonchev–Trinajstić information content (AvgIpc) is 3.18. The zero-order valence-corrected chi connectivity index (χ0v) is 21.5. The van der Waals surface area contributed by atoms with Crippen molar-refractivity contribution in [3.05, 3.63) is 75.9 Å². The quantitative estimate of drug-likeness (QED) is 0.455. The van der Waals surface area contributed by atoms with Crippen molar-refractivity contribution in [3.8, 4) is 5.69 Å². The Morgan fingerprint density at radius 1 is 1.09 bits per heavy atom. The third-order valence-corrected chi connectivity index (χ3v) is 5.97. The van der Waals surface area contributed by atoms with E-state index in [4.69, 9.17) is 16.7 Å². The molecule has 0 aliphatic carbocycles. The maximum atomic E-state index is 13.1. The maximum absolute atomic E-state index is 13.1. The first-order chi connectivity index (χ1) is 16.0. The molecule has 180 valence electrons. The Bertz CT molecular complexity index is 1190. The van der Waals surface area contributed by atoms with E-state index in [0.29, 0.717) is 22.9 Å². The molecule has 2 aromatic carbocycles. The first kappa shape index (κ1) is 25.5. The molecule has 3 rings (SSSR count). The fourth-order valence-electron chi connectivity index (χ4n) is 3.67. The highest BCUT2D eigenvalue weighted by Gasteiger charge is 2.24. The summed E-state index contributed by atoms with van der Waals surface area (Å²) < 4.78 is 1.78. The SMILES string of the molecule is CCCN(CC(=O)Nc1cc(C(C)(C)C)nn1-c1cccc(C)c1C)C(=O)c1cccc(Cl)c1. The van der Waals surface area contributed by atoms with Gasteiger partial charge < -0.3 is 10.2 Å². The van der Waals surface area contributed by atoms with E-state index in [1.54, 1.807) is 33.8 Å². The molecule has 0 saturated heterocycles. The number of halogens is 1. The predicted octanol–water partition coefficient (Wildman–Crippen LogP) is 5.93. The molecule has 6 nitrogen and oxygen atoms in total. The first-order valence-electron chi connectivity index (χ1n) is 11.5. The number of nitrogens with one attached hydrogen (secondary N) is 1. The summed E-state index contributed by atoms with van der Waals surface area (Å²) in [5, 5.41) is 8.30. The van der Waals surface area contributed by atoms with Crippen LogP contribution in [0.3, 0.4) is 0 Å². The summed E-state index contributed by atoms with van der Waals surface area (Å²) in [4.78, 5) is 27.7. The summed E-state index contributed by atoms with van der Waals surface area (Å²) in [7, 11) is 0. The Kier molecular flexibility index (Phi) is 7.82. The number of carbonyl (C=O) groups excluding carboxylic acids is 2. The lowest BCUT2D eigenvalue weighted by molar-refractivity contribution is -0.116. The van der Waals surface area contributed by atoms with Gasteiger partial charge in [0.1, 0.15) is 12.4 Å². The van der Waals surface area contributed by atoms with Crippen molar-refractivity contribution < 1.29 is 9.59 Å². The smallest absolute Gasteiger partial charge is 0.254 e. The minimum atomic E-state index is -0.282. The average molecular weight is 481 g/mol. The number of aryl methyl sites for hydroxylation is 1. The highest BCUT2D eigenvalue weighted by molar-refractivity contribution is 6.31. The Morgan fingerprint density at radius 2 is 1.79 bits per heavy atom. The second-order valence-corrected chi connectivity index (χ2v) is 10.0. The summed E-state index contributed by atoms with van der Waals surface area (Å²) in [5.41, 5.74) is 4.27. The fourth-order valence-corrected chi connectivity index (χ4v) is 3.86. The van der Waals surface area contributed by atoms with Crippen LogP contribution >= 0.6 is 11.6 Å². The lowest BCUT2D eigenvalue weighted by atomic mass is 9.92. The summed E-state index contributed by atoms with van der Waals surface area (Å²) in [6, 6.07) is 14.7. The van der Waals surface area contributed by atoms with E-state index in [9.17, 15) is 9.59 Å². The van der Waals surface area contributed by atoms with E-state index >= 15 is 0 Å². The van der Waals surface area contributed by atoms with Gasteiger partial charge in [0.05, 0.1) is 11.4 Å². The topological polar surface area (TPSA) is 67.2 Å². The molecule has 1 heterocycles. The van der Waals surface area contributed by atoms with E-state index in [1.807, 2.05) is 32.0 Å². The number of amides is 2. The van der Waals surface area contributed by atoms with Gasteiger partial charge >= 0.3 is 0 Å². The zero-order valence-electron chi connectivity index (χ0n) is 20.8. The van der Waals surface area contributed by atoms with E-state index in [0.717, 1.165) is 28.9 Å². The van der Waals surface area contributed by atoms with Gasteiger partial charge in [-0.1, -0.05) is 57.5 Å². The molecular weight excluding hydrogens is 448 g/mol. The van der Waals surface area contributed by atoms with Crippen LogP contribution in [-0.2, 0) is 10.2 Å². The van der Waals surface area contributed by atoms with Crippen LogP contribution in [0.4, 0.5) is 5.82 Å². The molecule has 0 aliphatic heterocycles. The van der Waals surface area contributed by atoms with Crippen molar-refractivity contribution in [1.29, 1.82) is 0 Å². The van der Waals surface area contributed by atoms with Gasteiger partial charge in [-0.2, -0.15) is 5.10 Å². The van der Waals surface area contributed by atoms with Crippen LogP contribution in [-0.4, -0.2) is 39.6 Å². The number of rotatable bonds is 7. The number of aromatic nitrogens is 2. The molecule has 0 unspecified atom stereocenters. The summed E-state index contributed by atoms with van der Waals surface area (Å²) >= 11 is 6.06. The third-order valence-electron chi connectivity index (χ3n) is 5.74. The minimum Gasteiger partial charge on any atom is -0.329 e. The molecule has 1 N–H and O–H groups in total. The molecule has 0 aliphatic rings. The van der Waals surface area contributed by atoms with Crippen LogP contribution in [0.5, 0.6) is 0 Å². The Labute approximate surface area is 206 Å². The normalized spacial score (nSPS) is 11.4. The van der Waals surface area contributed by atoms with Crippen LogP contribution in [0.1, 0.15) is 61.3 Å². The predicted molar refractivity (Wildman–Crippen MR) is 138 cm³/mol. The van der Waals surface area contributed by atoms with Gasteiger partial charge in [-0.15, -0.1) is 0 Å². The monoisotopic (exact) mass is 480 g/mol. The molecule has 0 radical (unpaired) electrons. The largest absolute Gasteiger partial charge is 0.329 e. The van der Waals surface area contributed by atoms with Crippen molar-refractivity contribution >= 4 is 29.2 Å². The molecule has 34 heavy (non-hydrogen) atoms. The zero-order chi connectivity index (χ0) is 25.0. The second-order valence-electron chi connectivity index (χ2n) is 9.58. The molecule has 2 amide bonds. The van der Waals surface area contributed by atoms with E-state index in [1.165, 1.54) is 0 Å². The number of nitrogens with zero attached hydrogens (tertiary/aromatic N) is 3. The summed E-state index contributed by atoms with van der Waals surface area (Å²) in [6.07, 6.45) is 0.730. The van der Waals surface area contributed by atoms with Crippen molar-refractivity contribution in [2.45, 2.75) is 53.4 Å². The lowest BCUT2D eigenvalue weighted by Crippen LogP contribution is -2.38. The highest BCUT2D eigenvalue weighted by Crippen LogP contribution is 2.28. The molecule has 3 aromatic rings. The van der Waals surface area contributed by atoms with Crippen LogP contribution in [0, 0.1) is 13.8 Å². The van der Waals surface area contributed by atoms with Crippen molar-refractivity contribution in [2.75, 3.05) is 18.4 Å². The molecule has 0 fully saturated rings. The van der Waals surface area contributed by atoms with Crippen molar-refractivity contribution in [3.63, 3.8) is 0 Å². The molecule has 0 saturated carbocycles. The lowest BCUT2D eigenvalue weighted by Gasteiger charge is -2.22. The first-order valence-corrected chi connectivity index (χ1v) is 11.9. The number of hydrogen-bond donors (Lipinski definition) is 1.